The van der Waals surface area contributed by atoms with Crippen molar-refractivity contribution in [1.29, 1.82) is 0 Å². The number of hydrogen-bond donors (Lipinski definition) is 2. The standard InChI is InChI=1S/C12H14N4O3/c13-10(17)8-4-14-11-9(8)5-15-12(16-11)19-6-7-2-1-3-18-7/h4-5,7H,1-3,6H2,(H2,13,17)(H,14,15,16). The van der Waals surface area contributed by atoms with E-state index in [0.29, 0.717) is 23.2 Å². The Morgan fingerprint density at radius 1 is 1.63 bits per heavy atom. The van der Waals surface area contributed by atoms with Crippen molar-refractivity contribution in [3.8, 4) is 6.01 Å². The molecule has 1 aliphatic heterocycles. The molecule has 1 saturated heterocycles. The second-order valence-electron chi connectivity index (χ2n) is 4.43. The third kappa shape index (κ3) is 2.37. The summed E-state index contributed by atoms with van der Waals surface area (Å²) in [5.41, 5.74) is 6.15. The zero-order chi connectivity index (χ0) is 13.2. The fourth-order valence-corrected chi connectivity index (χ4v) is 2.11. The van der Waals surface area contributed by atoms with Crippen LogP contribution in [-0.2, 0) is 4.74 Å². The van der Waals surface area contributed by atoms with Gasteiger partial charge in [0.15, 0.2) is 0 Å². The minimum atomic E-state index is -0.511. The van der Waals surface area contributed by atoms with E-state index in [0.717, 1.165) is 19.4 Å². The van der Waals surface area contributed by atoms with Crippen LogP contribution in [0.3, 0.4) is 0 Å². The quantitative estimate of drug-likeness (QED) is 0.840. The van der Waals surface area contributed by atoms with Gasteiger partial charge in [-0.25, -0.2) is 4.98 Å². The summed E-state index contributed by atoms with van der Waals surface area (Å²) >= 11 is 0. The van der Waals surface area contributed by atoms with Crippen LogP contribution in [0.4, 0.5) is 0 Å². The minimum absolute atomic E-state index is 0.115. The van der Waals surface area contributed by atoms with Gasteiger partial charge in [-0.2, -0.15) is 4.98 Å². The summed E-state index contributed by atoms with van der Waals surface area (Å²) in [5, 5.41) is 0.594. The smallest absolute Gasteiger partial charge is 0.318 e. The molecule has 2 aromatic heterocycles. The van der Waals surface area contributed by atoms with Gasteiger partial charge in [0.2, 0.25) is 0 Å². The summed E-state index contributed by atoms with van der Waals surface area (Å²) < 4.78 is 10.9. The van der Waals surface area contributed by atoms with Crippen LogP contribution in [0.15, 0.2) is 12.4 Å². The highest BCUT2D eigenvalue weighted by Crippen LogP contribution is 2.18. The van der Waals surface area contributed by atoms with Gasteiger partial charge in [-0.15, -0.1) is 0 Å². The number of fused-ring (bicyclic) bond motifs is 1. The summed E-state index contributed by atoms with van der Waals surface area (Å²) in [6.45, 7) is 1.22. The first-order valence-electron chi connectivity index (χ1n) is 6.12. The number of aromatic amines is 1. The molecule has 0 bridgehead atoms. The lowest BCUT2D eigenvalue weighted by Gasteiger charge is -2.09. The Morgan fingerprint density at radius 3 is 3.26 bits per heavy atom. The molecule has 0 radical (unpaired) electrons. The number of H-pyrrole nitrogens is 1. The van der Waals surface area contributed by atoms with Crippen LogP contribution < -0.4 is 10.5 Å². The third-order valence-electron chi connectivity index (χ3n) is 3.10. The molecule has 1 unspecified atom stereocenters. The monoisotopic (exact) mass is 262 g/mol. The number of nitrogens with one attached hydrogen (secondary N) is 1. The number of primary amides is 1. The Labute approximate surface area is 109 Å². The first-order valence-corrected chi connectivity index (χ1v) is 6.12. The zero-order valence-corrected chi connectivity index (χ0v) is 10.3. The zero-order valence-electron chi connectivity index (χ0n) is 10.3. The van der Waals surface area contributed by atoms with E-state index < -0.39 is 5.91 Å². The first-order chi connectivity index (χ1) is 9.24. The number of ether oxygens (including phenoxy) is 2. The molecule has 3 heterocycles. The number of amides is 1. The van der Waals surface area contributed by atoms with Gasteiger partial charge in [-0.1, -0.05) is 0 Å². The van der Waals surface area contributed by atoms with Crippen LogP contribution in [-0.4, -0.2) is 40.2 Å². The van der Waals surface area contributed by atoms with Crippen LogP contribution in [0.5, 0.6) is 6.01 Å². The highest BCUT2D eigenvalue weighted by molar-refractivity contribution is 6.04. The van der Waals surface area contributed by atoms with Crippen molar-refractivity contribution in [3.05, 3.63) is 18.0 Å². The van der Waals surface area contributed by atoms with Crippen LogP contribution in [0.2, 0.25) is 0 Å². The molecule has 100 valence electrons. The van der Waals surface area contributed by atoms with E-state index in [1.165, 1.54) is 12.4 Å². The summed E-state index contributed by atoms with van der Waals surface area (Å²) in [4.78, 5) is 22.3. The maximum Gasteiger partial charge on any atom is 0.318 e. The number of carbonyl (C=O) groups is 1. The normalized spacial score (nSPS) is 18.8. The lowest BCUT2D eigenvalue weighted by Crippen LogP contribution is -2.17. The molecule has 3 rings (SSSR count). The van der Waals surface area contributed by atoms with E-state index in [2.05, 4.69) is 15.0 Å². The van der Waals surface area contributed by atoms with E-state index in [4.69, 9.17) is 15.2 Å². The lowest BCUT2D eigenvalue weighted by molar-refractivity contribution is 0.0646. The van der Waals surface area contributed by atoms with Crippen molar-refractivity contribution in [2.45, 2.75) is 18.9 Å². The van der Waals surface area contributed by atoms with Gasteiger partial charge in [0, 0.05) is 19.0 Å². The van der Waals surface area contributed by atoms with Gasteiger partial charge in [-0.05, 0) is 12.8 Å². The maximum atomic E-state index is 11.2. The van der Waals surface area contributed by atoms with Crippen molar-refractivity contribution >= 4 is 16.9 Å². The Bertz CT molecular complexity index is 604. The van der Waals surface area contributed by atoms with E-state index in [-0.39, 0.29) is 12.1 Å². The fraction of sp³-hybridized carbons (Fsp3) is 0.417. The molecule has 2 aromatic rings. The average Bonchev–Trinajstić information content (AvgIpc) is 3.05. The molecular formula is C12H14N4O3. The Morgan fingerprint density at radius 2 is 2.53 bits per heavy atom. The Hall–Kier alpha value is -2.15. The van der Waals surface area contributed by atoms with Crippen molar-refractivity contribution < 1.29 is 14.3 Å². The molecule has 1 aliphatic rings. The van der Waals surface area contributed by atoms with Gasteiger partial charge >= 0.3 is 6.01 Å². The lowest BCUT2D eigenvalue weighted by atomic mass is 10.2. The average molecular weight is 262 g/mol. The molecule has 7 heteroatoms. The number of carbonyl (C=O) groups excluding carboxylic acids is 1. The van der Waals surface area contributed by atoms with Crippen molar-refractivity contribution in [1.82, 2.24) is 15.0 Å². The van der Waals surface area contributed by atoms with Crippen LogP contribution >= 0.6 is 0 Å². The summed E-state index contributed by atoms with van der Waals surface area (Å²) in [5.74, 6) is -0.511. The largest absolute Gasteiger partial charge is 0.461 e. The summed E-state index contributed by atoms with van der Waals surface area (Å²) in [6.07, 6.45) is 5.22. The van der Waals surface area contributed by atoms with Crippen molar-refractivity contribution in [3.63, 3.8) is 0 Å². The Kier molecular flexibility index (Phi) is 3.04. The molecule has 0 aromatic carbocycles. The highest BCUT2D eigenvalue weighted by Gasteiger charge is 2.17. The SMILES string of the molecule is NC(=O)c1c[nH]c2nc(OCC3CCCO3)ncc12. The first kappa shape index (κ1) is 11.9. The molecule has 0 saturated carbocycles. The minimum Gasteiger partial charge on any atom is -0.461 e. The van der Waals surface area contributed by atoms with Gasteiger partial charge < -0.3 is 20.2 Å². The topological polar surface area (TPSA) is 103 Å². The molecule has 1 atom stereocenters. The summed E-state index contributed by atoms with van der Waals surface area (Å²) in [7, 11) is 0. The van der Waals surface area contributed by atoms with Gasteiger partial charge in [-0.3, -0.25) is 4.79 Å². The molecule has 1 amide bonds. The molecular weight excluding hydrogens is 248 g/mol. The predicted molar refractivity (Wildman–Crippen MR) is 66.9 cm³/mol. The van der Waals surface area contributed by atoms with Gasteiger partial charge in [0.05, 0.1) is 17.1 Å². The van der Waals surface area contributed by atoms with Crippen LogP contribution in [0.1, 0.15) is 23.2 Å². The molecule has 7 nitrogen and oxygen atoms in total. The number of nitrogens with zero attached hydrogens (tertiary/aromatic N) is 2. The highest BCUT2D eigenvalue weighted by atomic mass is 16.5. The van der Waals surface area contributed by atoms with Crippen molar-refractivity contribution in [2.24, 2.45) is 5.73 Å². The Balaban J connectivity index is 1.76. The number of rotatable bonds is 4. The molecule has 3 N–H and O–H groups in total. The fourth-order valence-electron chi connectivity index (χ4n) is 2.11. The number of nitrogens with two attached hydrogens (primary N) is 1. The van der Waals surface area contributed by atoms with Crippen LogP contribution in [0, 0.1) is 0 Å². The van der Waals surface area contributed by atoms with E-state index in [1.807, 2.05) is 0 Å². The molecule has 19 heavy (non-hydrogen) atoms. The third-order valence-corrected chi connectivity index (χ3v) is 3.10. The van der Waals surface area contributed by atoms with E-state index in [1.54, 1.807) is 0 Å². The van der Waals surface area contributed by atoms with E-state index in [9.17, 15) is 4.79 Å². The van der Waals surface area contributed by atoms with Crippen LogP contribution in [0.25, 0.3) is 11.0 Å². The number of aromatic nitrogens is 3. The molecule has 1 fully saturated rings. The van der Waals surface area contributed by atoms with E-state index >= 15 is 0 Å². The van der Waals surface area contributed by atoms with Gasteiger partial charge in [0.25, 0.3) is 5.91 Å². The van der Waals surface area contributed by atoms with Crippen molar-refractivity contribution in [2.75, 3.05) is 13.2 Å². The second kappa shape index (κ2) is 4.85. The summed E-state index contributed by atoms with van der Waals surface area (Å²) in [6, 6.07) is 0.265. The van der Waals surface area contributed by atoms with Gasteiger partial charge in [0.1, 0.15) is 12.3 Å². The maximum absolute atomic E-state index is 11.2. The molecule has 0 aliphatic carbocycles. The second-order valence-corrected chi connectivity index (χ2v) is 4.43. The predicted octanol–water partition coefficient (Wildman–Crippen LogP) is 0.615. The molecule has 0 spiro atoms. The number of hydrogen-bond acceptors (Lipinski definition) is 5.